The average molecular weight is 214 g/mol. The van der Waals surface area contributed by atoms with Crippen LogP contribution in [0.1, 0.15) is 32.6 Å². The minimum Gasteiger partial charge on any atom is -0.317 e. The van der Waals surface area contributed by atoms with E-state index in [1.54, 1.807) is 0 Å². The van der Waals surface area contributed by atoms with Gasteiger partial charge >= 0.3 is 0 Å². The van der Waals surface area contributed by atoms with E-state index in [1.807, 2.05) is 21.1 Å². The highest BCUT2D eigenvalue weighted by Crippen LogP contribution is 2.08. The Morgan fingerprint density at radius 2 is 1.47 bits per heavy atom. The molecule has 0 amide bonds. The molecule has 3 unspecified atom stereocenters. The molecule has 3 atom stereocenters. The van der Waals surface area contributed by atoms with Gasteiger partial charge in [-0.3, -0.25) is 0 Å². The highest BCUT2D eigenvalue weighted by molar-refractivity contribution is 4.73. The smallest absolute Gasteiger partial charge is 0.00652 e. The Labute approximate surface area is 95.4 Å². The maximum Gasteiger partial charge on any atom is 0.00652 e. The largest absolute Gasteiger partial charge is 0.317 e. The minimum absolute atomic E-state index is 0.377. The van der Waals surface area contributed by atoms with Crippen LogP contribution in [0, 0.1) is 6.92 Å². The first-order valence-corrected chi connectivity index (χ1v) is 5.98. The monoisotopic (exact) mass is 214 g/mol. The molecule has 0 aliphatic heterocycles. The molecule has 0 aromatic carbocycles. The van der Waals surface area contributed by atoms with Gasteiger partial charge in [0.1, 0.15) is 0 Å². The van der Waals surface area contributed by atoms with Crippen molar-refractivity contribution in [2.75, 3.05) is 21.1 Å². The second kappa shape index (κ2) is 9.13. The topological polar surface area (TPSA) is 36.1 Å². The molecule has 0 heterocycles. The molecule has 91 valence electrons. The van der Waals surface area contributed by atoms with E-state index < -0.39 is 0 Å². The summed E-state index contributed by atoms with van der Waals surface area (Å²) in [4.78, 5) is 0. The van der Waals surface area contributed by atoms with Crippen molar-refractivity contribution in [2.45, 2.75) is 50.7 Å². The summed E-state index contributed by atoms with van der Waals surface area (Å²) in [5.41, 5.74) is 0. The zero-order valence-corrected chi connectivity index (χ0v) is 10.8. The summed E-state index contributed by atoms with van der Waals surface area (Å²) in [6, 6.07) is 1.61. The van der Waals surface area contributed by atoms with Crippen LogP contribution in [-0.2, 0) is 0 Å². The fourth-order valence-electron chi connectivity index (χ4n) is 1.58. The Hall–Kier alpha value is -0.120. The van der Waals surface area contributed by atoms with Crippen molar-refractivity contribution in [3.8, 4) is 0 Å². The number of hydrogen-bond donors (Lipinski definition) is 3. The predicted molar refractivity (Wildman–Crippen MR) is 68.0 cm³/mol. The van der Waals surface area contributed by atoms with Gasteiger partial charge in [-0.2, -0.15) is 0 Å². The third-order valence-electron chi connectivity index (χ3n) is 3.12. The molecule has 0 rings (SSSR count). The maximum atomic E-state index is 4.02. The van der Waals surface area contributed by atoms with Crippen molar-refractivity contribution in [2.24, 2.45) is 0 Å². The van der Waals surface area contributed by atoms with E-state index in [0.29, 0.717) is 18.1 Å². The zero-order valence-electron chi connectivity index (χ0n) is 10.8. The van der Waals surface area contributed by atoms with E-state index in [4.69, 9.17) is 0 Å². The van der Waals surface area contributed by atoms with Gasteiger partial charge in [0.05, 0.1) is 0 Å². The van der Waals surface area contributed by atoms with Crippen LogP contribution in [0.3, 0.4) is 0 Å². The van der Waals surface area contributed by atoms with Gasteiger partial charge < -0.3 is 16.0 Å². The molecular formula is C12H28N3. The Morgan fingerprint density at radius 1 is 0.867 bits per heavy atom. The lowest BCUT2D eigenvalue weighted by Gasteiger charge is -2.20. The molecule has 0 aromatic rings. The minimum atomic E-state index is 0.377. The summed E-state index contributed by atoms with van der Waals surface area (Å²) < 4.78 is 0. The molecule has 0 aliphatic carbocycles. The normalized spacial score (nSPS) is 17.4. The van der Waals surface area contributed by atoms with Gasteiger partial charge in [0.2, 0.25) is 0 Å². The van der Waals surface area contributed by atoms with Gasteiger partial charge in [-0.1, -0.05) is 0 Å². The first-order valence-electron chi connectivity index (χ1n) is 5.98. The molecule has 0 aliphatic rings. The summed E-state index contributed by atoms with van der Waals surface area (Å²) in [5.74, 6) is 0. The van der Waals surface area contributed by atoms with Crippen molar-refractivity contribution in [1.82, 2.24) is 16.0 Å². The van der Waals surface area contributed by atoms with Gasteiger partial charge in [0.25, 0.3) is 0 Å². The van der Waals surface area contributed by atoms with Gasteiger partial charge in [0, 0.05) is 18.1 Å². The van der Waals surface area contributed by atoms with Gasteiger partial charge in [-0.15, -0.1) is 0 Å². The molecule has 0 spiro atoms. The first-order chi connectivity index (χ1) is 7.13. The summed E-state index contributed by atoms with van der Waals surface area (Å²) in [6.07, 6.45) is 4.79. The average Bonchev–Trinajstić information content (AvgIpc) is 2.28. The molecule has 3 heteroatoms. The Kier molecular flexibility index (Phi) is 9.06. The molecule has 0 saturated carbocycles. The third-order valence-corrected chi connectivity index (χ3v) is 3.12. The van der Waals surface area contributed by atoms with E-state index in [9.17, 15) is 0 Å². The number of hydrogen-bond acceptors (Lipinski definition) is 3. The highest BCUT2D eigenvalue weighted by Gasteiger charge is 2.09. The molecule has 0 bridgehead atoms. The summed E-state index contributed by atoms with van der Waals surface area (Å²) in [7, 11) is 6.04. The zero-order chi connectivity index (χ0) is 11.7. The number of nitrogens with one attached hydrogen (secondary N) is 3. The van der Waals surface area contributed by atoms with E-state index >= 15 is 0 Å². The summed E-state index contributed by atoms with van der Waals surface area (Å²) in [6.45, 7) is 6.25. The summed E-state index contributed by atoms with van der Waals surface area (Å²) >= 11 is 0. The van der Waals surface area contributed by atoms with Crippen LogP contribution < -0.4 is 16.0 Å². The van der Waals surface area contributed by atoms with E-state index in [0.717, 1.165) is 6.42 Å². The van der Waals surface area contributed by atoms with Crippen LogP contribution in [0.4, 0.5) is 0 Å². The quantitative estimate of drug-likeness (QED) is 0.539. The van der Waals surface area contributed by atoms with Crippen molar-refractivity contribution in [3.05, 3.63) is 6.92 Å². The molecule has 3 nitrogen and oxygen atoms in total. The first kappa shape index (κ1) is 14.9. The van der Waals surface area contributed by atoms with Crippen molar-refractivity contribution >= 4 is 0 Å². The highest BCUT2D eigenvalue weighted by atomic mass is 14.9. The van der Waals surface area contributed by atoms with Crippen LogP contribution in [0.5, 0.6) is 0 Å². The lowest BCUT2D eigenvalue weighted by Crippen LogP contribution is -2.31. The third kappa shape index (κ3) is 7.77. The SMILES string of the molecule is [CH2]C(CCC(CCC(C)NC)NC)NC. The molecule has 3 N–H and O–H groups in total. The second-order valence-corrected chi connectivity index (χ2v) is 4.32. The second-order valence-electron chi connectivity index (χ2n) is 4.32. The maximum absolute atomic E-state index is 4.02. The van der Waals surface area contributed by atoms with Crippen LogP contribution in [0.25, 0.3) is 0 Å². The summed E-state index contributed by atoms with van der Waals surface area (Å²) in [5, 5.41) is 9.81. The molecule has 0 saturated heterocycles. The van der Waals surface area contributed by atoms with E-state index in [1.165, 1.54) is 19.3 Å². The fourth-order valence-corrected chi connectivity index (χ4v) is 1.58. The Morgan fingerprint density at radius 3 is 1.93 bits per heavy atom. The van der Waals surface area contributed by atoms with E-state index in [-0.39, 0.29) is 0 Å². The Bertz CT molecular complexity index is 125. The molecule has 0 fully saturated rings. The molecule has 0 aromatic heterocycles. The lowest BCUT2D eigenvalue weighted by atomic mass is 10.0. The lowest BCUT2D eigenvalue weighted by molar-refractivity contribution is 0.412. The van der Waals surface area contributed by atoms with Gasteiger partial charge in [-0.05, 0) is 60.7 Å². The molecular weight excluding hydrogens is 186 g/mol. The molecule has 15 heavy (non-hydrogen) atoms. The molecule has 1 radical (unpaired) electrons. The van der Waals surface area contributed by atoms with Crippen LogP contribution in [-0.4, -0.2) is 39.3 Å². The standard InChI is InChI=1S/C12H28N3/c1-10(13-3)6-8-12(15-5)9-7-11(2)14-4/h10-15H,1,6-9H2,2-5H3. The predicted octanol–water partition coefficient (Wildman–Crippen LogP) is 1.16. The fraction of sp³-hybridized carbons (Fsp3) is 0.917. The van der Waals surface area contributed by atoms with Crippen LogP contribution in [0.15, 0.2) is 0 Å². The van der Waals surface area contributed by atoms with Gasteiger partial charge in [0.15, 0.2) is 0 Å². The van der Waals surface area contributed by atoms with Crippen molar-refractivity contribution in [3.63, 3.8) is 0 Å². The number of rotatable bonds is 9. The van der Waals surface area contributed by atoms with Crippen molar-refractivity contribution in [1.29, 1.82) is 0 Å². The van der Waals surface area contributed by atoms with Crippen LogP contribution in [0.2, 0.25) is 0 Å². The van der Waals surface area contributed by atoms with Crippen molar-refractivity contribution < 1.29 is 0 Å². The van der Waals surface area contributed by atoms with E-state index in [2.05, 4.69) is 29.8 Å². The Balaban J connectivity index is 3.63. The van der Waals surface area contributed by atoms with Crippen LogP contribution >= 0.6 is 0 Å². The van der Waals surface area contributed by atoms with Gasteiger partial charge in [-0.25, -0.2) is 0 Å².